The minimum absolute atomic E-state index is 0.00819. The molecular formula is C52H91N7O14S. The van der Waals surface area contributed by atoms with Gasteiger partial charge in [-0.1, -0.05) is 121 Å². The van der Waals surface area contributed by atoms with Gasteiger partial charge in [0.05, 0.1) is 19.0 Å². The van der Waals surface area contributed by atoms with Crippen molar-refractivity contribution in [1.29, 1.82) is 0 Å². The van der Waals surface area contributed by atoms with Gasteiger partial charge in [-0.25, -0.2) is 18.0 Å². The summed E-state index contributed by atoms with van der Waals surface area (Å²) in [7, 11) is -3.54. The Kier molecular flexibility index (Phi) is 40.6. The zero-order valence-corrected chi connectivity index (χ0v) is 45.3. The van der Waals surface area contributed by atoms with Crippen molar-refractivity contribution in [3.05, 3.63) is 5.82 Å². The Morgan fingerprint density at radius 1 is 0.527 bits per heavy atom. The summed E-state index contributed by atoms with van der Waals surface area (Å²) < 4.78 is 35.3. The van der Waals surface area contributed by atoms with Crippen LogP contribution in [0.2, 0.25) is 0 Å². The maximum absolute atomic E-state index is 12.5. The smallest absolute Gasteiger partial charge is 0.326 e. The molecule has 0 bridgehead atoms. The summed E-state index contributed by atoms with van der Waals surface area (Å²) in [6.07, 6.45) is 24.3. The average molecular weight is 1070 g/mol. The van der Waals surface area contributed by atoms with Crippen molar-refractivity contribution in [3.8, 4) is 0 Å². The van der Waals surface area contributed by atoms with Gasteiger partial charge in [0, 0.05) is 58.1 Å². The number of aryl methyl sites for hydroxylation is 1. The fourth-order valence-corrected chi connectivity index (χ4v) is 9.57. The van der Waals surface area contributed by atoms with Crippen LogP contribution in [-0.4, -0.2) is 143 Å². The highest BCUT2D eigenvalue weighted by Crippen LogP contribution is 2.15. The number of sulfone groups is 1. The standard InChI is InChI=1S/C52H91N7O14S/c1-42(60)40-73-38-37-72-36-24-27-43(61)31-32-45(51(66)67)55-50(65)34-33-46(52(68)69)54-49(64)29-22-18-14-10-7-11-15-19-23-35-53-48(63)30-25-39-74(70,71)41-44(62)26-20-16-12-8-5-3-2-4-6-9-13-17-21-28-47-56-58-59-57-47/h45-46H,2-41H2,1H3,(H,53,63)(H,54,64)(H,55,65)(H,66,67)(H,68,69)(H,56,57,58,59)/t45-,46-/m0/s1. The molecule has 21 nitrogen and oxygen atoms in total. The largest absolute Gasteiger partial charge is 0.480 e. The average Bonchev–Trinajstić information content (AvgIpc) is 3.87. The molecule has 0 saturated carbocycles. The third-order valence-electron chi connectivity index (χ3n) is 12.4. The first kappa shape index (κ1) is 67.3. The Morgan fingerprint density at radius 3 is 1.54 bits per heavy atom. The lowest BCUT2D eigenvalue weighted by molar-refractivity contribution is -0.143. The van der Waals surface area contributed by atoms with E-state index < -0.39 is 51.4 Å². The number of aromatic amines is 1. The van der Waals surface area contributed by atoms with E-state index in [1.54, 1.807) is 0 Å². The third kappa shape index (κ3) is 41.6. The normalized spacial score (nSPS) is 12.2. The van der Waals surface area contributed by atoms with E-state index in [-0.39, 0.29) is 113 Å². The summed E-state index contributed by atoms with van der Waals surface area (Å²) in [6, 6.07) is -2.66. The Balaban J connectivity index is 2.00. The van der Waals surface area contributed by atoms with Crippen LogP contribution in [0.15, 0.2) is 0 Å². The topological polar surface area (TPSA) is 320 Å². The van der Waals surface area contributed by atoms with Gasteiger partial charge in [0.2, 0.25) is 17.7 Å². The molecule has 2 atom stereocenters. The lowest BCUT2D eigenvalue weighted by Gasteiger charge is -2.17. The first-order valence-electron chi connectivity index (χ1n) is 27.5. The molecule has 74 heavy (non-hydrogen) atoms. The van der Waals surface area contributed by atoms with Gasteiger partial charge in [0.25, 0.3) is 0 Å². The van der Waals surface area contributed by atoms with Crippen molar-refractivity contribution in [2.75, 3.05) is 44.5 Å². The minimum Gasteiger partial charge on any atom is -0.480 e. The Morgan fingerprint density at radius 2 is 1.00 bits per heavy atom. The number of carbonyl (C=O) groups excluding carboxylic acids is 6. The summed E-state index contributed by atoms with van der Waals surface area (Å²) in [5.74, 6) is -4.38. The molecule has 22 heteroatoms. The van der Waals surface area contributed by atoms with Crippen LogP contribution in [-0.2, 0) is 64.1 Å². The minimum atomic E-state index is -3.54. The highest BCUT2D eigenvalue weighted by Gasteiger charge is 2.25. The number of aliphatic carboxylic acids is 2. The summed E-state index contributed by atoms with van der Waals surface area (Å²) in [6.45, 7) is 2.75. The number of ether oxygens (including phenoxy) is 2. The number of aromatic nitrogens is 4. The van der Waals surface area contributed by atoms with E-state index in [9.17, 15) is 57.0 Å². The fraction of sp³-hybridized carbons (Fsp3) is 0.827. The van der Waals surface area contributed by atoms with Crippen molar-refractivity contribution in [3.63, 3.8) is 0 Å². The number of carboxylic acid groups (broad SMARTS) is 2. The van der Waals surface area contributed by atoms with Crippen LogP contribution >= 0.6 is 0 Å². The van der Waals surface area contributed by atoms with Crippen molar-refractivity contribution in [1.82, 2.24) is 36.6 Å². The summed E-state index contributed by atoms with van der Waals surface area (Å²) >= 11 is 0. The summed E-state index contributed by atoms with van der Waals surface area (Å²) in [5, 5.41) is 40.7. The van der Waals surface area contributed by atoms with E-state index in [1.165, 1.54) is 58.3 Å². The number of H-pyrrole nitrogens is 1. The number of nitrogens with zero attached hydrogens (tertiary/aromatic N) is 3. The number of rotatable bonds is 53. The fourth-order valence-electron chi connectivity index (χ4n) is 8.21. The van der Waals surface area contributed by atoms with Gasteiger partial charge >= 0.3 is 11.9 Å². The van der Waals surface area contributed by atoms with Crippen LogP contribution in [0.3, 0.4) is 0 Å². The number of tetrazole rings is 1. The predicted octanol–water partition coefficient (Wildman–Crippen LogP) is 6.66. The number of carboxylic acids is 2. The van der Waals surface area contributed by atoms with E-state index in [4.69, 9.17) is 9.47 Å². The van der Waals surface area contributed by atoms with Gasteiger partial charge < -0.3 is 35.6 Å². The number of nitrogens with one attached hydrogen (secondary N) is 4. The molecule has 6 N–H and O–H groups in total. The Hall–Kier alpha value is -4.70. The van der Waals surface area contributed by atoms with Gasteiger partial charge in [-0.05, 0) is 58.3 Å². The maximum atomic E-state index is 12.5. The van der Waals surface area contributed by atoms with E-state index >= 15 is 0 Å². The number of unbranched alkanes of at least 4 members (excludes halogenated alkanes) is 20. The van der Waals surface area contributed by atoms with Crippen LogP contribution in [0.1, 0.15) is 218 Å². The quantitative estimate of drug-likeness (QED) is 0.0372. The van der Waals surface area contributed by atoms with Gasteiger partial charge in [0.15, 0.2) is 21.4 Å². The van der Waals surface area contributed by atoms with Crippen LogP contribution in [0.25, 0.3) is 0 Å². The summed E-state index contributed by atoms with van der Waals surface area (Å²) in [4.78, 5) is 96.1. The van der Waals surface area contributed by atoms with Crippen molar-refractivity contribution in [2.24, 2.45) is 0 Å². The molecule has 1 aromatic rings. The molecule has 0 saturated heterocycles. The van der Waals surface area contributed by atoms with Gasteiger partial charge in [-0.15, -0.1) is 10.2 Å². The zero-order valence-electron chi connectivity index (χ0n) is 44.5. The van der Waals surface area contributed by atoms with E-state index in [0.717, 1.165) is 89.3 Å². The van der Waals surface area contributed by atoms with Crippen LogP contribution < -0.4 is 16.0 Å². The molecule has 0 radical (unpaired) electrons. The molecule has 0 aliphatic heterocycles. The predicted molar refractivity (Wildman–Crippen MR) is 279 cm³/mol. The molecule has 0 spiro atoms. The van der Waals surface area contributed by atoms with Gasteiger partial charge in [-0.3, -0.25) is 28.8 Å². The van der Waals surface area contributed by atoms with E-state index in [0.29, 0.717) is 25.8 Å². The lowest BCUT2D eigenvalue weighted by atomic mass is 10.0. The second-order valence-corrected chi connectivity index (χ2v) is 21.6. The molecule has 0 aliphatic carbocycles. The first-order valence-corrected chi connectivity index (χ1v) is 29.3. The Labute approximate surface area is 439 Å². The maximum Gasteiger partial charge on any atom is 0.326 e. The second-order valence-electron chi connectivity index (χ2n) is 19.4. The molecule has 0 fully saturated rings. The molecular weight excluding hydrogens is 979 g/mol. The highest BCUT2D eigenvalue weighted by atomic mass is 32.2. The summed E-state index contributed by atoms with van der Waals surface area (Å²) in [5.41, 5.74) is 0. The third-order valence-corrected chi connectivity index (χ3v) is 14.1. The number of amides is 3. The van der Waals surface area contributed by atoms with Gasteiger partial charge in [-0.2, -0.15) is 5.21 Å². The van der Waals surface area contributed by atoms with Crippen LogP contribution in [0.4, 0.5) is 0 Å². The molecule has 1 heterocycles. The molecule has 0 aromatic carbocycles. The highest BCUT2D eigenvalue weighted by molar-refractivity contribution is 7.92. The zero-order chi connectivity index (χ0) is 54.5. The van der Waals surface area contributed by atoms with E-state index in [2.05, 4.69) is 36.6 Å². The molecule has 0 unspecified atom stereocenters. The molecule has 1 rings (SSSR count). The Bertz CT molecular complexity index is 1830. The number of hydrogen-bond acceptors (Lipinski definition) is 15. The second kappa shape index (κ2) is 44.6. The molecule has 3 amide bonds. The molecule has 1 aromatic heterocycles. The number of Topliss-reactive ketones (excluding diaryl/α,β-unsaturated/α-hetero) is 3. The monoisotopic (exact) mass is 1070 g/mol. The number of hydrogen-bond donors (Lipinski definition) is 6. The van der Waals surface area contributed by atoms with Crippen LogP contribution in [0.5, 0.6) is 0 Å². The number of ketones is 3. The van der Waals surface area contributed by atoms with E-state index in [1.807, 2.05) is 0 Å². The van der Waals surface area contributed by atoms with Crippen LogP contribution in [0, 0.1) is 0 Å². The number of carbonyl (C=O) groups is 8. The van der Waals surface area contributed by atoms with Crippen molar-refractivity contribution >= 4 is 56.8 Å². The molecule has 0 aliphatic rings. The van der Waals surface area contributed by atoms with Crippen molar-refractivity contribution < 1.29 is 66.5 Å². The first-order chi connectivity index (χ1) is 35.6. The lowest BCUT2D eigenvalue weighted by Crippen LogP contribution is -2.44. The van der Waals surface area contributed by atoms with Gasteiger partial charge in [0.1, 0.15) is 36.0 Å². The SMILES string of the molecule is CC(=O)COCCOCCCC(=O)CC[C@H](NC(=O)CC[C@H](NC(=O)CCCCCCCCCCCNC(=O)CCCS(=O)(=O)CC(=O)CCCCCCCCCCCCCCCc1nn[nH]n1)C(=O)O)C(=O)O. The molecule has 424 valence electrons. The van der Waals surface area contributed by atoms with Crippen molar-refractivity contribution in [2.45, 2.75) is 231 Å².